The molecule has 1 aromatic carbocycles. The Morgan fingerprint density at radius 3 is 2.71 bits per heavy atom. The van der Waals surface area contributed by atoms with Crippen molar-refractivity contribution in [1.29, 1.82) is 0 Å². The Balaban J connectivity index is 1.77. The molecule has 0 aliphatic rings. The lowest BCUT2D eigenvalue weighted by Gasteiger charge is -2.12. The van der Waals surface area contributed by atoms with Crippen LogP contribution in [0.1, 0.15) is 22.7 Å². The zero-order valence-electron chi connectivity index (χ0n) is 15.2. The summed E-state index contributed by atoms with van der Waals surface area (Å²) in [6, 6.07) is 5.25. The molecule has 11 heteroatoms. The summed E-state index contributed by atoms with van der Waals surface area (Å²) in [5.41, 5.74) is 0.513. The van der Waals surface area contributed by atoms with Crippen LogP contribution in [0.2, 0.25) is 5.02 Å². The van der Waals surface area contributed by atoms with E-state index in [2.05, 4.69) is 25.9 Å². The molecule has 0 aliphatic carbocycles. The van der Waals surface area contributed by atoms with Crippen LogP contribution in [0.15, 0.2) is 28.6 Å². The summed E-state index contributed by atoms with van der Waals surface area (Å²) in [4.78, 5) is 19.5. The Morgan fingerprint density at radius 2 is 2.07 bits per heavy atom. The monoisotopic (exact) mass is 433 g/mol. The highest BCUT2D eigenvalue weighted by Crippen LogP contribution is 2.29. The number of guanidine groups is 1. The number of alkyl halides is 3. The maximum absolute atomic E-state index is 12.6. The number of nitrogens with one attached hydrogen (secondary N) is 3. The number of thiazole rings is 1. The lowest BCUT2D eigenvalue weighted by molar-refractivity contribution is -0.140. The van der Waals surface area contributed by atoms with E-state index in [9.17, 15) is 18.0 Å². The van der Waals surface area contributed by atoms with Crippen molar-refractivity contribution < 1.29 is 18.0 Å². The van der Waals surface area contributed by atoms with Crippen molar-refractivity contribution in [2.45, 2.75) is 26.1 Å². The lowest BCUT2D eigenvalue weighted by Crippen LogP contribution is -2.38. The van der Waals surface area contributed by atoms with Gasteiger partial charge in [0.1, 0.15) is 5.01 Å². The Morgan fingerprint density at radius 1 is 1.32 bits per heavy atom. The average Bonchev–Trinajstić information content (AvgIpc) is 3.11. The van der Waals surface area contributed by atoms with Crippen LogP contribution in [0.3, 0.4) is 0 Å². The Kier molecular flexibility index (Phi) is 7.64. The number of hydrogen-bond acceptors (Lipinski definition) is 4. The van der Waals surface area contributed by atoms with Crippen molar-refractivity contribution >= 4 is 40.5 Å². The normalized spacial score (nSPS) is 12.0. The number of anilines is 1. The second-order valence-electron chi connectivity index (χ2n) is 5.69. The van der Waals surface area contributed by atoms with Gasteiger partial charge in [-0.05, 0) is 24.6 Å². The van der Waals surface area contributed by atoms with Crippen LogP contribution in [0.5, 0.6) is 0 Å². The number of carbonyl (C=O) groups is 1. The van der Waals surface area contributed by atoms with E-state index in [-0.39, 0.29) is 30.4 Å². The first-order valence-electron chi connectivity index (χ1n) is 8.21. The number of hydrogen-bond donors (Lipinski definition) is 3. The van der Waals surface area contributed by atoms with Crippen LogP contribution in [-0.2, 0) is 17.5 Å². The van der Waals surface area contributed by atoms with Crippen LogP contribution < -0.4 is 16.0 Å². The van der Waals surface area contributed by atoms with E-state index >= 15 is 0 Å². The van der Waals surface area contributed by atoms with Crippen molar-refractivity contribution in [1.82, 2.24) is 15.6 Å². The first kappa shape index (κ1) is 22.0. The third-order valence-corrected chi connectivity index (χ3v) is 4.92. The maximum Gasteiger partial charge on any atom is 0.434 e. The molecule has 0 atom stereocenters. The van der Waals surface area contributed by atoms with Crippen LogP contribution in [-0.4, -0.2) is 30.4 Å². The predicted molar refractivity (Wildman–Crippen MR) is 105 cm³/mol. The van der Waals surface area contributed by atoms with Crippen LogP contribution in [0.25, 0.3) is 0 Å². The molecule has 28 heavy (non-hydrogen) atoms. The first-order chi connectivity index (χ1) is 13.2. The van der Waals surface area contributed by atoms with Gasteiger partial charge in [-0.1, -0.05) is 17.7 Å². The topological polar surface area (TPSA) is 78.4 Å². The van der Waals surface area contributed by atoms with E-state index in [1.807, 2.05) is 6.92 Å². The van der Waals surface area contributed by atoms with Gasteiger partial charge in [-0.15, -0.1) is 11.3 Å². The van der Waals surface area contributed by atoms with E-state index in [4.69, 9.17) is 11.6 Å². The molecular formula is C17H19ClF3N5OS. The second kappa shape index (κ2) is 9.74. The van der Waals surface area contributed by atoms with Crippen LogP contribution in [0, 0.1) is 6.92 Å². The SMILES string of the molecule is CN=C(NCCC(=O)Nc1cccc(Cl)c1C)NCc1nc(C(F)(F)F)cs1. The molecule has 1 heterocycles. The molecule has 2 rings (SSSR count). The highest BCUT2D eigenvalue weighted by atomic mass is 35.5. The summed E-state index contributed by atoms with van der Waals surface area (Å²) < 4.78 is 37.7. The van der Waals surface area contributed by atoms with E-state index in [1.54, 1.807) is 18.2 Å². The number of halogens is 4. The van der Waals surface area contributed by atoms with E-state index < -0.39 is 11.9 Å². The molecule has 0 radical (unpaired) electrons. The van der Waals surface area contributed by atoms with Crippen LogP contribution >= 0.6 is 22.9 Å². The van der Waals surface area contributed by atoms with Gasteiger partial charge >= 0.3 is 6.18 Å². The predicted octanol–water partition coefficient (Wildman–Crippen LogP) is 3.82. The largest absolute Gasteiger partial charge is 0.434 e. The van der Waals surface area contributed by atoms with Gasteiger partial charge in [0.15, 0.2) is 11.7 Å². The standard InChI is InChI=1S/C17H19ClF3N5OS/c1-10-11(18)4-3-5-12(10)25-14(27)6-7-23-16(22-2)24-8-15-26-13(9-28-15)17(19,20)21/h3-5,9H,6-8H2,1-2H3,(H,25,27)(H2,22,23,24). The molecule has 0 saturated heterocycles. The fourth-order valence-electron chi connectivity index (χ4n) is 2.15. The number of carbonyl (C=O) groups excluding carboxylic acids is 1. The average molecular weight is 434 g/mol. The van der Waals surface area contributed by atoms with Gasteiger partial charge in [-0.25, -0.2) is 4.98 Å². The summed E-state index contributed by atoms with van der Waals surface area (Å²) >= 11 is 6.93. The van der Waals surface area contributed by atoms with Crippen molar-refractivity contribution in [2.75, 3.05) is 18.9 Å². The van der Waals surface area contributed by atoms with Crippen molar-refractivity contribution in [2.24, 2.45) is 4.99 Å². The third-order valence-electron chi connectivity index (χ3n) is 3.66. The number of aromatic nitrogens is 1. The van der Waals surface area contributed by atoms with Crippen molar-refractivity contribution in [3.05, 3.63) is 44.9 Å². The van der Waals surface area contributed by atoms with Gasteiger partial charge in [0.2, 0.25) is 5.91 Å². The summed E-state index contributed by atoms with van der Waals surface area (Å²) in [6.45, 7) is 2.19. The lowest BCUT2D eigenvalue weighted by atomic mass is 10.2. The Labute approximate surface area is 169 Å². The van der Waals surface area contributed by atoms with Crippen molar-refractivity contribution in [3.8, 4) is 0 Å². The Hall–Kier alpha value is -2.33. The molecule has 2 aromatic rings. The molecule has 0 unspecified atom stereocenters. The number of benzene rings is 1. The third kappa shape index (κ3) is 6.38. The fraction of sp³-hybridized carbons (Fsp3) is 0.353. The quantitative estimate of drug-likeness (QED) is 0.478. The van der Waals surface area contributed by atoms with Gasteiger partial charge in [-0.3, -0.25) is 9.79 Å². The molecule has 0 spiro atoms. The van der Waals surface area contributed by atoms with Gasteiger partial charge < -0.3 is 16.0 Å². The zero-order valence-corrected chi connectivity index (χ0v) is 16.7. The Bertz CT molecular complexity index is 854. The number of nitrogens with zero attached hydrogens (tertiary/aromatic N) is 2. The van der Waals surface area contributed by atoms with Crippen molar-refractivity contribution in [3.63, 3.8) is 0 Å². The zero-order chi connectivity index (χ0) is 20.7. The molecule has 1 aromatic heterocycles. The molecule has 0 saturated carbocycles. The summed E-state index contributed by atoms with van der Waals surface area (Å²) in [5, 5.41) is 10.4. The molecule has 3 N–H and O–H groups in total. The number of amides is 1. The number of aliphatic imine (C=N–C) groups is 1. The summed E-state index contributed by atoms with van der Waals surface area (Å²) in [6.07, 6.45) is -4.29. The summed E-state index contributed by atoms with van der Waals surface area (Å²) in [5.74, 6) is 0.151. The molecular weight excluding hydrogens is 415 g/mol. The maximum atomic E-state index is 12.6. The minimum atomic E-state index is -4.45. The molecule has 0 bridgehead atoms. The molecule has 6 nitrogen and oxygen atoms in total. The highest BCUT2D eigenvalue weighted by Gasteiger charge is 2.33. The van der Waals surface area contributed by atoms with E-state index in [0.717, 1.165) is 22.3 Å². The smallest absolute Gasteiger partial charge is 0.356 e. The first-order valence-corrected chi connectivity index (χ1v) is 9.47. The van der Waals surface area contributed by atoms with E-state index in [0.29, 0.717) is 16.7 Å². The van der Waals surface area contributed by atoms with Crippen LogP contribution in [0.4, 0.5) is 18.9 Å². The second-order valence-corrected chi connectivity index (χ2v) is 7.04. The minimum Gasteiger partial charge on any atom is -0.356 e. The summed E-state index contributed by atoms with van der Waals surface area (Å²) in [7, 11) is 1.52. The molecule has 152 valence electrons. The van der Waals surface area contributed by atoms with Gasteiger partial charge in [0.05, 0.1) is 6.54 Å². The fourth-order valence-corrected chi connectivity index (χ4v) is 3.07. The van der Waals surface area contributed by atoms with Gasteiger partial charge in [0, 0.05) is 36.1 Å². The van der Waals surface area contributed by atoms with E-state index in [1.165, 1.54) is 7.05 Å². The molecule has 1 amide bonds. The molecule has 0 aliphatic heterocycles. The molecule has 0 fully saturated rings. The minimum absolute atomic E-state index is 0.0916. The van der Waals surface area contributed by atoms with Gasteiger partial charge in [0.25, 0.3) is 0 Å². The number of rotatable bonds is 6. The highest BCUT2D eigenvalue weighted by molar-refractivity contribution is 7.09. The van der Waals surface area contributed by atoms with Gasteiger partial charge in [-0.2, -0.15) is 13.2 Å².